The molecule has 6 nitrogen and oxygen atoms in total. The monoisotopic (exact) mass is 320 g/mol. The molecular weight excluding hydrogens is 304 g/mol. The van der Waals surface area contributed by atoms with Gasteiger partial charge in [0.25, 0.3) is 5.56 Å². The molecule has 2 aromatic rings. The SMILES string of the molecule is COc1cc(/C=c2/sc3n(c2=O)CCN=3)cc(OC)c1OC. The number of hydrogen-bond acceptors (Lipinski definition) is 6. The van der Waals surface area contributed by atoms with Crippen LogP contribution >= 0.6 is 11.3 Å². The number of methoxy groups -OCH3 is 3. The van der Waals surface area contributed by atoms with E-state index in [4.69, 9.17) is 14.2 Å². The smallest absolute Gasteiger partial charge is 0.270 e. The Kier molecular flexibility index (Phi) is 3.89. The molecule has 7 heteroatoms. The molecule has 0 amide bonds. The third kappa shape index (κ3) is 2.37. The minimum absolute atomic E-state index is 0.00463. The average Bonchev–Trinajstić information content (AvgIpc) is 3.10. The normalized spacial score (nSPS) is 13.7. The van der Waals surface area contributed by atoms with Crippen LogP contribution in [0.25, 0.3) is 6.08 Å². The van der Waals surface area contributed by atoms with Gasteiger partial charge in [0.05, 0.1) is 32.4 Å². The second kappa shape index (κ2) is 5.84. The molecule has 1 aromatic carbocycles. The Morgan fingerprint density at radius 3 is 2.41 bits per heavy atom. The lowest BCUT2D eigenvalue weighted by Crippen LogP contribution is -2.29. The van der Waals surface area contributed by atoms with Gasteiger partial charge < -0.3 is 14.2 Å². The standard InChI is InChI=1S/C15H16N2O4S/c1-19-10-6-9(7-11(20-2)13(10)21-3)8-12-14(18)17-5-4-16-15(17)22-12/h6-8H,4-5H2,1-3H3/b12-8+. The zero-order valence-corrected chi connectivity index (χ0v) is 13.4. The van der Waals surface area contributed by atoms with Crippen molar-refractivity contribution in [2.24, 2.45) is 4.99 Å². The summed E-state index contributed by atoms with van der Waals surface area (Å²) in [7, 11) is 4.69. The van der Waals surface area contributed by atoms with Crippen molar-refractivity contribution in [1.82, 2.24) is 4.57 Å². The molecular formula is C15H16N2O4S. The van der Waals surface area contributed by atoms with E-state index in [-0.39, 0.29) is 5.56 Å². The summed E-state index contributed by atoms with van der Waals surface area (Å²) in [5.41, 5.74) is 0.808. The fourth-order valence-electron chi connectivity index (χ4n) is 2.40. The number of fused-ring (bicyclic) bond motifs is 1. The van der Waals surface area contributed by atoms with Gasteiger partial charge >= 0.3 is 0 Å². The molecule has 0 atom stereocenters. The first-order chi connectivity index (χ1) is 10.7. The van der Waals surface area contributed by atoms with Gasteiger partial charge in [-0.1, -0.05) is 11.3 Å². The maximum absolute atomic E-state index is 12.3. The fourth-order valence-corrected chi connectivity index (χ4v) is 3.43. The number of aromatic nitrogens is 1. The summed E-state index contributed by atoms with van der Waals surface area (Å²) in [6.45, 7) is 1.35. The van der Waals surface area contributed by atoms with E-state index in [1.807, 2.05) is 18.2 Å². The fraction of sp³-hybridized carbons (Fsp3) is 0.333. The lowest BCUT2D eigenvalue weighted by atomic mass is 10.1. The van der Waals surface area contributed by atoms with E-state index in [0.29, 0.717) is 34.9 Å². The van der Waals surface area contributed by atoms with E-state index in [1.54, 1.807) is 25.9 Å². The summed E-state index contributed by atoms with van der Waals surface area (Å²) in [5.74, 6) is 1.64. The third-order valence-electron chi connectivity index (χ3n) is 3.44. The molecule has 0 saturated carbocycles. The maximum Gasteiger partial charge on any atom is 0.270 e. The topological polar surface area (TPSA) is 62.1 Å². The van der Waals surface area contributed by atoms with Crippen molar-refractivity contribution in [3.63, 3.8) is 0 Å². The Morgan fingerprint density at radius 1 is 1.18 bits per heavy atom. The number of benzene rings is 1. The first-order valence-electron chi connectivity index (χ1n) is 6.73. The molecule has 0 bridgehead atoms. The van der Waals surface area contributed by atoms with Gasteiger partial charge in [-0.15, -0.1) is 0 Å². The van der Waals surface area contributed by atoms with Crippen molar-refractivity contribution >= 4 is 17.4 Å². The van der Waals surface area contributed by atoms with Crippen molar-refractivity contribution in [2.75, 3.05) is 27.9 Å². The summed E-state index contributed by atoms with van der Waals surface area (Å²) in [6.07, 6.45) is 1.82. The molecule has 116 valence electrons. The Morgan fingerprint density at radius 2 is 1.86 bits per heavy atom. The molecule has 0 N–H and O–H groups in total. The molecule has 0 spiro atoms. The molecule has 0 aliphatic carbocycles. The zero-order valence-electron chi connectivity index (χ0n) is 12.6. The largest absolute Gasteiger partial charge is 0.493 e. The van der Waals surface area contributed by atoms with Crippen LogP contribution in [0.5, 0.6) is 17.2 Å². The number of nitrogens with zero attached hydrogens (tertiary/aromatic N) is 2. The Labute approximate surface area is 130 Å². The second-order valence-electron chi connectivity index (χ2n) is 4.69. The van der Waals surface area contributed by atoms with Gasteiger partial charge in [0.15, 0.2) is 16.3 Å². The van der Waals surface area contributed by atoms with Crippen LogP contribution in [-0.4, -0.2) is 32.4 Å². The van der Waals surface area contributed by atoms with Crippen molar-refractivity contribution in [2.45, 2.75) is 6.54 Å². The minimum Gasteiger partial charge on any atom is -0.493 e. The van der Waals surface area contributed by atoms with E-state index in [9.17, 15) is 4.79 Å². The predicted molar refractivity (Wildman–Crippen MR) is 83.9 cm³/mol. The van der Waals surface area contributed by atoms with Gasteiger partial charge in [-0.25, -0.2) is 0 Å². The minimum atomic E-state index is -0.00463. The highest BCUT2D eigenvalue weighted by atomic mass is 32.1. The number of hydrogen-bond donors (Lipinski definition) is 0. The molecule has 22 heavy (non-hydrogen) atoms. The third-order valence-corrected chi connectivity index (χ3v) is 4.49. The highest BCUT2D eigenvalue weighted by Crippen LogP contribution is 2.38. The van der Waals surface area contributed by atoms with Crippen molar-refractivity contribution in [3.05, 3.63) is 37.4 Å². The van der Waals surface area contributed by atoms with Crippen LogP contribution in [0.3, 0.4) is 0 Å². The van der Waals surface area contributed by atoms with Crippen LogP contribution in [0.4, 0.5) is 0 Å². The first kappa shape index (κ1) is 14.6. The Hall–Kier alpha value is -2.28. The Balaban J connectivity index is 2.17. The second-order valence-corrected chi connectivity index (χ2v) is 5.70. The lowest BCUT2D eigenvalue weighted by molar-refractivity contribution is 0.324. The van der Waals surface area contributed by atoms with Crippen LogP contribution < -0.4 is 29.1 Å². The van der Waals surface area contributed by atoms with Crippen LogP contribution in [0, 0.1) is 0 Å². The highest BCUT2D eigenvalue weighted by Gasteiger charge is 2.13. The van der Waals surface area contributed by atoms with Crippen LogP contribution in [0.1, 0.15) is 5.56 Å². The van der Waals surface area contributed by atoms with Gasteiger partial charge in [0.1, 0.15) is 0 Å². The van der Waals surface area contributed by atoms with Gasteiger partial charge in [-0.2, -0.15) is 0 Å². The van der Waals surface area contributed by atoms with Gasteiger partial charge in [-0.3, -0.25) is 14.4 Å². The molecule has 2 heterocycles. The van der Waals surface area contributed by atoms with Crippen LogP contribution in [0.2, 0.25) is 0 Å². The molecule has 3 rings (SSSR count). The highest BCUT2D eigenvalue weighted by molar-refractivity contribution is 7.07. The zero-order chi connectivity index (χ0) is 15.7. The van der Waals surface area contributed by atoms with E-state index in [0.717, 1.165) is 10.4 Å². The van der Waals surface area contributed by atoms with Crippen molar-refractivity contribution in [3.8, 4) is 17.2 Å². The van der Waals surface area contributed by atoms with E-state index in [1.165, 1.54) is 11.3 Å². The summed E-state index contributed by atoms with van der Waals surface area (Å²) in [6, 6.07) is 3.63. The quantitative estimate of drug-likeness (QED) is 0.818. The van der Waals surface area contributed by atoms with Crippen molar-refractivity contribution in [1.29, 1.82) is 0 Å². The first-order valence-corrected chi connectivity index (χ1v) is 7.55. The summed E-state index contributed by atoms with van der Waals surface area (Å²) < 4.78 is 18.3. The van der Waals surface area contributed by atoms with E-state index >= 15 is 0 Å². The predicted octanol–water partition coefficient (Wildman–Crippen LogP) is 0.398. The molecule has 0 fully saturated rings. The average molecular weight is 320 g/mol. The van der Waals surface area contributed by atoms with Crippen molar-refractivity contribution < 1.29 is 14.2 Å². The summed E-state index contributed by atoms with van der Waals surface area (Å²) in [4.78, 5) is 17.4. The van der Waals surface area contributed by atoms with Gasteiger partial charge in [0.2, 0.25) is 5.75 Å². The summed E-state index contributed by atoms with van der Waals surface area (Å²) in [5, 5.41) is 0. The molecule has 1 aliphatic rings. The molecule has 0 saturated heterocycles. The number of thiazole rings is 1. The van der Waals surface area contributed by atoms with E-state index < -0.39 is 0 Å². The van der Waals surface area contributed by atoms with Crippen LogP contribution in [0.15, 0.2) is 21.9 Å². The molecule has 1 aliphatic heterocycles. The summed E-state index contributed by atoms with van der Waals surface area (Å²) >= 11 is 1.40. The molecule has 0 unspecified atom stereocenters. The number of rotatable bonds is 4. The lowest BCUT2D eigenvalue weighted by Gasteiger charge is -2.12. The van der Waals surface area contributed by atoms with E-state index in [2.05, 4.69) is 4.99 Å². The molecule has 1 aromatic heterocycles. The maximum atomic E-state index is 12.3. The van der Waals surface area contributed by atoms with Gasteiger partial charge in [-0.05, 0) is 23.8 Å². The van der Waals surface area contributed by atoms with Gasteiger partial charge in [0, 0.05) is 6.54 Å². The number of ether oxygens (including phenoxy) is 3. The molecule has 0 radical (unpaired) electrons. The Bertz CT molecular complexity index is 857. The van der Waals surface area contributed by atoms with Crippen LogP contribution in [-0.2, 0) is 6.54 Å².